The number of carbonyl (C=O) groups excluding carboxylic acids is 3. The maximum absolute atomic E-state index is 12.9. The molecule has 2 amide bonds. The number of amides is 2. The van der Waals surface area contributed by atoms with Gasteiger partial charge < -0.3 is 4.74 Å². The molecule has 1 heterocycles. The fourth-order valence-corrected chi connectivity index (χ4v) is 4.43. The molecule has 5 heteroatoms. The minimum Gasteiger partial charge on any atom is -0.482 e. The maximum Gasteiger partial charge on any atom is 0.237 e. The molecule has 29 heavy (non-hydrogen) atoms. The summed E-state index contributed by atoms with van der Waals surface area (Å²) in [5.41, 5.74) is 1.10. The molecule has 150 valence electrons. The molecule has 1 aliphatic heterocycles. The van der Waals surface area contributed by atoms with Crippen LogP contribution in [0.4, 0.5) is 5.69 Å². The highest BCUT2D eigenvalue weighted by atomic mass is 16.5. The van der Waals surface area contributed by atoms with Crippen molar-refractivity contribution < 1.29 is 19.1 Å². The van der Waals surface area contributed by atoms with Crippen LogP contribution in [0.25, 0.3) is 0 Å². The summed E-state index contributed by atoms with van der Waals surface area (Å²) in [5.74, 6) is 0.158. The lowest BCUT2D eigenvalue weighted by molar-refractivity contribution is -0.122. The van der Waals surface area contributed by atoms with E-state index in [1.165, 1.54) is 4.90 Å². The van der Waals surface area contributed by atoms with Crippen LogP contribution in [0.15, 0.2) is 54.6 Å². The van der Waals surface area contributed by atoms with Gasteiger partial charge >= 0.3 is 0 Å². The molecule has 0 bridgehead atoms. The first-order valence-corrected chi connectivity index (χ1v) is 10.2. The molecule has 0 unspecified atom stereocenters. The van der Waals surface area contributed by atoms with Crippen LogP contribution in [0.3, 0.4) is 0 Å². The standard InChI is InChI=1S/C24H25NO4/c1-15-11-12-20-21(13-15)24(28)25(23(20)27)18-9-6-10-19(14-18)29-16(2)22(26)17-7-4-3-5-8-17/h3-10,14-16,20-21H,11-13H2,1-2H3/t15-,16+,20-,21-/m1/s1. The molecular formula is C24H25NO4. The van der Waals surface area contributed by atoms with Gasteiger partial charge in [0.15, 0.2) is 6.10 Å². The van der Waals surface area contributed by atoms with Crippen LogP contribution in [-0.2, 0) is 9.59 Å². The first-order valence-electron chi connectivity index (χ1n) is 10.2. The van der Waals surface area contributed by atoms with E-state index in [9.17, 15) is 14.4 Å². The molecule has 1 aliphatic carbocycles. The van der Waals surface area contributed by atoms with E-state index < -0.39 is 6.10 Å². The highest BCUT2D eigenvalue weighted by Crippen LogP contribution is 2.42. The monoisotopic (exact) mass is 391 g/mol. The van der Waals surface area contributed by atoms with Gasteiger partial charge in [-0.15, -0.1) is 0 Å². The van der Waals surface area contributed by atoms with E-state index in [0.717, 1.165) is 19.3 Å². The third-order valence-electron chi connectivity index (χ3n) is 6.00. The molecule has 2 fully saturated rings. The number of hydrogen-bond acceptors (Lipinski definition) is 4. The van der Waals surface area contributed by atoms with E-state index in [4.69, 9.17) is 4.74 Å². The summed E-state index contributed by atoms with van der Waals surface area (Å²) in [6.07, 6.45) is 1.84. The Morgan fingerprint density at radius 2 is 1.72 bits per heavy atom. The first-order chi connectivity index (χ1) is 14.0. The first kappa shape index (κ1) is 19.4. The zero-order valence-electron chi connectivity index (χ0n) is 16.7. The van der Waals surface area contributed by atoms with E-state index in [1.807, 2.05) is 18.2 Å². The third-order valence-corrected chi connectivity index (χ3v) is 6.00. The lowest BCUT2D eigenvalue weighted by atomic mass is 9.76. The summed E-state index contributed by atoms with van der Waals surface area (Å²) < 4.78 is 5.84. The predicted octanol–water partition coefficient (Wildman–Crippen LogP) is 4.26. The lowest BCUT2D eigenvalue weighted by Gasteiger charge is -2.25. The van der Waals surface area contributed by atoms with Crippen molar-refractivity contribution in [2.24, 2.45) is 17.8 Å². The van der Waals surface area contributed by atoms with E-state index in [2.05, 4.69) is 6.92 Å². The molecule has 1 saturated heterocycles. The van der Waals surface area contributed by atoms with E-state index >= 15 is 0 Å². The third kappa shape index (κ3) is 3.69. The highest BCUT2D eigenvalue weighted by Gasteiger charge is 2.50. The second-order valence-electron chi connectivity index (χ2n) is 8.13. The van der Waals surface area contributed by atoms with E-state index in [-0.39, 0.29) is 29.4 Å². The summed E-state index contributed by atoms with van der Waals surface area (Å²) in [5, 5.41) is 0. The Morgan fingerprint density at radius 3 is 2.48 bits per heavy atom. The average Bonchev–Trinajstić information content (AvgIpc) is 2.98. The van der Waals surface area contributed by atoms with Crippen molar-refractivity contribution in [1.29, 1.82) is 0 Å². The second-order valence-corrected chi connectivity index (χ2v) is 8.13. The predicted molar refractivity (Wildman–Crippen MR) is 110 cm³/mol. The van der Waals surface area contributed by atoms with Gasteiger partial charge in [-0.3, -0.25) is 14.4 Å². The maximum atomic E-state index is 12.9. The van der Waals surface area contributed by atoms with Crippen LogP contribution in [0.1, 0.15) is 43.5 Å². The SMILES string of the molecule is C[C@@H]1CC[C@H]2C(=O)N(c3cccc(O[C@@H](C)C(=O)c4ccccc4)c3)C(=O)[C@@H]2C1. The van der Waals surface area contributed by atoms with Crippen LogP contribution in [0.5, 0.6) is 5.75 Å². The molecule has 5 nitrogen and oxygen atoms in total. The molecule has 0 radical (unpaired) electrons. The minimum absolute atomic E-state index is 0.113. The van der Waals surface area contributed by atoms with Crippen molar-refractivity contribution in [2.75, 3.05) is 4.90 Å². The van der Waals surface area contributed by atoms with Gasteiger partial charge in [-0.25, -0.2) is 4.90 Å². The van der Waals surface area contributed by atoms with Crippen molar-refractivity contribution in [3.05, 3.63) is 60.2 Å². The number of nitrogens with zero attached hydrogens (tertiary/aromatic N) is 1. The number of Topliss-reactive ketones (excluding diaryl/α,β-unsaturated/α-hetero) is 1. The Bertz CT molecular complexity index is 939. The van der Waals surface area contributed by atoms with Crippen molar-refractivity contribution in [3.63, 3.8) is 0 Å². The Kier molecular flexibility index (Phi) is 5.22. The van der Waals surface area contributed by atoms with Crippen LogP contribution in [0.2, 0.25) is 0 Å². The molecule has 2 aromatic rings. The summed E-state index contributed by atoms with van der Waals surface area (Å²) in [6, 6.07) is 15.9. The van der Waals surface area contributed by atoms with Crippen LogP contribution in [0, 0.1) is 17.8 Å². The molecule has 4 atom stereocenters. The minimum atomic E-state index is -0.680. The molecule has 2 aliphatic rings. The van der Waals surface area contributed by atoms with Gasteiger partial charge in [-0.05, 0) is 44.2 Å². The molecule has 4 rings (SSSR count). The van der Waals surface area contributed by atoms with Gasteiger partial charge in [0.05, 0.1) is 17.5 Å². The second kappa shape index (κ2) is 7.82. The highest BCUT2D eigenvalue weighted by molar-refractivity contribution is 6.22. The lowest BCUT2D eigenvalue weighted by Crippen LogP contribution is -2.31. The molecule has 0 spiro atoms. The Balaban J connectivity index is 1.52. The number of rotatable bonds is 5. The molecule has 1 saturated carbocycles. The van der Waals surface area contributed by atoms with Crippen LogP contribution < -0.4 is 9.64 Å². The molecule has 2 aromatic carbocycles. The van der Waals surface area contributed by atoms with Crippen molar-refractivity contribution in [1.82, 2.24) is 0 Å². The van der Waals surface area contributed by atoms with Crippen LogP contribution in [-0.4, -0.2) is 23.7 Å². The Hall–Kier alpha value is -2.95. The van der Waals surface area contributed by atoms with Gasteiger partial charge in [0.2, 0.25) is 17.6 Å². The number of imide groups is 1. The Morgan fingerprint density at radius 1 is 1.00 bits per heavy atom. The zero-order chi connectivity index (χ0) is 20.5. The number of carbonyl (C=O) groups is 3. The normalized spacial score (nSPS) is 24.9. The summed E-state index contributed by atoms with van der Waals surface area (Å²) in [7, 11) is 0. The van der Waals surface area contributed by atoms with E-state index in [0.29, 0.717) is 22.9 Å². The number of anilines is 1. The van der Waals surface area contributed by atoms with Gasteiger partial charge in [-0.1, -0.05) is 43.3 Å². The van der Waals surface area contributed by atoms with E-state index in [1.54, 1.807) is 43.3 Å². The fraction of sp³-hybridized carbons (Fsp3) is 0.375. The largest absolute Gasteiger partial charge is 0.482 e. The van der Waals surface area contributed by atoms with Crippen molar-refractivity contribution in [3.8, 4) is 5.75 Å². The van der Waals surface area contributed by atoms with Gasteiger partial charge in [0.1, 0.15) is 5.75 Å². The number of ketones is 1. The smallest absolute Gasteiger partial charge is 0.237 e. The summed E-state index contributed by atoms with van der Waals surface area (Å²) in [6.45, 7) is 3.83. The quantitative estimate of drug-likeness (QED) is 0.564. The van der Waals surface area contributed by atoms with Crippen molar-refractivity contribution in [2.45, 2.75) is 39.2 Å². The fourth-order valence-electron chi connectivity index (χ4n) is 4.43. The summed E-state index contributed by atoms with van der Waals surface area (Å²) >= 11 is 0. The van der Waals surface area contributed by atoms with Gasteiger partial charge in [0, 0.05) is 11.6 Å². The van der Waals surface area contributed by atoms with Crippen molar-refractivity contribution >= 4 is 23.3 Å². The number of ether oxygens (including phenoxy) is 1. The number of fused-ring (bicyclic) bond motifs is 1. The van der Waals surface area contributed by atoms with Crippen LogP contribution >= 0.6 is 0 Å². The molecular weight excluding hydrogens is 366 g/mol. The zero-order valence-corrected chi connectivity index (χ0v) is 16.7. The molecule has 0 aromatic heterocycles. The molecule has 0 N–H and O–H groups in total. The average molecular weight is 391 g/mol. The number of hydrogen-bond donors (Lipinski definition) is 0. The van der Waals surface area contributed by atoms with Gasteiger partial charge in [0.25, 0.3) is 0 Å². The Labute approximate surface area is 170 Å². The summed E-state index contributed by atoms with van der Waals surface area (Å²) in [4.78, 5) is 39.7. The number of benzene rings is 2. The van der Waals surface area contributed by atoms with Gasteiger partial charge in [-0.2, -0.15) is 0 Å². The topological polar surface area (TPSA) is 63.7 Å².